The molecule has 0 N–H and O–H groups in total. The van der Waals surface area contributed by atoms with Crippen LogP contribution in [0.1, 0.15) is 0 Å². The fourth-order valence-electron chi connectivity index (χ4n) is 9.98. The Bertz CT molecular complexity index is 3860. The first kappa shape index (κ1) is 33.8. The van der Waals surface area contributed by atoms with Gasteiger partial charge in [0.25, 0.3) is 0 Å². The van der Waals surface area contributed by atoms with Gasteiger partial charge in [-0.1, -0.05) is 152 Å². The first-order valence-corrected chi connectivity index (χ1v) is 20.9. The van der Waals surface area contributed by atoms with Crippen LogP contribution >= 0.6 is 0 Å². The maximum Gasteiger partial charge on any atom is 0.143 e. The standard InChI is InChI=1S/C58H36N2O/c1-2-13-40(14-3-1)59-53-22-9-6-17-47(53)51-35-38(27-33-55(51)59)42-31-32-43(46-16-5-4-15-45(42)46)39-28-34-56-52(36-39)48-18-7-10-23-54(48)60(56)41-29-25-37(26-30-41)44-20-12-21-50-49-19-8-11-24-57(49)61-58(44)50/h1-36H. The Morgan fingerprint density at radius 1 is 0.262 bits per heavy atom. The van der Waals surface area contributed by atoms with Gasteiger partial charge in [-0.3, -0.25) is 0 Å². The van der Waals surface area contributed by atoms with Gasteiger partial charge < -0.3 is 13.6 Å². The Morgan fingerprint density at radius 3 is 1.33 bits per heavy atom. The molecule has 0 unspecified atom stereocenters. The molecule has 0 aliphatic carbocycles. The summed E-state index contributed by atoms with van der Waals surface area (Å²) < 4.78 is 11.2. The number of hydrogen-bond donors (Lipinski definition) is 0. The van der Waals surface area contributed by atoms with Crippen molar-refractivity contribution in [3.63, 3.8) is 0 Å². The first-order chi connectivity index (χ1) is 30.3. The van der Waals surface area contributed by atoms with Crippen LogP contribution in [0.15, 0.2) is 223 Å². The lowest BCUT2D eigenvalue weighted by Gasteiger charge is -2.13. The van der Waals surface area contributed by atoms with Gasteiger partial charge in [0.2, 0.25) is 0 Å². The summed E-state index contributed by atoms with van der Waals surface area (Å²) in [5.41, 5.74) is 16.0. The lowest BCUT2D eigenvalue weighted by Crippen LogP contribution is -1.94. The topological polar surface area (TPSA) is 23.0 Å². The molecule has 13 aromatic rings. The van der Waals surface area contributed by atoms with Gasteiger partial charge in [-0.05, 0) is 105 Å². The predicted molar refractivity (Wildman–Crippen MR) is 256 cm³/mol. The van der Waals surface area contributed by atoms with E-state index in [1.165, 1.54) is 82.3 Å². The third-order valence-corrected chi connectivity index (χ3v) is 12.7. The van der Waals surface area contributed by atoms with Gasteiger partial charge in [0.15, 0.2) is 0 Å². The highest BCUT2D eigenvalue weighted by molar-refractivity contribution is 6.15. The van der Waals surface area contributed by atoms with Crippen molar-refractivity contribution in [2.45, 2.75) is 0 Å². The van der Waals surface area contributed by atoms with E-state index in [0.717, 1.165) is 38.8 Å². The quantitative estimate of drug-likeness (QED) is 0.171. The maximum atomic E-state index is 6.40. The van der Waals surface area contributed by atoms with Crippen LogP contribution in [0.25, 0.3) is 121 Å². The number of fused-ring (bicyclic) bond motifs is 10. The monoisotopic (exact) mass is 776 g/mol. The van der Waals surface area contributed by atoms with Gasteiger partial charge in [-0.2, -0.15) is 0 Å². The fourth-order valence-corrected chi connectivity index (χ4v) is 9.98. The summed E-state index contributed by atoms with van der Waals surface area (Å²) in [5.74, 6) is 0. The highest BCUT2D eigenvalue weighted by atomic mass is 16.3. The summed E-state index contributed by atoms with van der Waals surface area (Å²) in [5, 5.41) is 9.75. The minimum Gasteiger partial charge on any atom is -0.455 e. The van der Waals surface area contributed by atoms with Crippen LogP contribution in [0.2, 0.25) is 0 Å². The van der Waals surface area contributed by atoms with Crippen molar-refractivity contribution in [3.05, 3.63) is 218 Å². The van der Waals surface area contributed by atoms with E-state index in [9.17, 15) is 0 Å². The van der Waals surface area contributed by atoms with E-state index in [1.807, 2.05) is 12.1 Å². The predicted octanol–water partition coefficient (Wildman–Crippen LogP) is 15.9. The number of rotatable bonds is 5. The zero-order chi connectivity index (χ0) is 40.0. The van der Waals surface area contributed by atoms with E-state index in [4.69, 9.17) is 4.42 Å². The normalized spacial score (nSPS) is 11.9. The number of benzene rings is 10. The molecular weight excluding hydrogens is 741 g/mol. The summed E-state index contributed by atoms with van der Waals surface area (Å²) >= 11 is 0. The lowest BCUT2D eigenvalue weighted by molar-refractivity contribution is 0.670. The molecule has 0 saturated heterocycles. The van der Waals surface area contributed by atoms with E-state index < -0.39 is 0 Å². The molecular formula is C58H36N2O. The molecule has 0 amide bonds. The Kier molecular flexibility index (Phi) is 7.31. The van der Waals surface area contributed by atoms with E-state index >= 15 is 0 Å². The average Bonchev–Trinajstić information content (AvgIpc) is 3.99. The molecule has 13 rings (SSSR count). The largest absolute Gasteiger partial charge is 0.455 e. The van der Waals surface area contributed by atoms with Crippen molar-refractivity contribution in [1.82, 2.24) is 9.13 Å². The smallest absolute Gasteiger partial charge is 0.143 e. The van der Waals surface area contributed by atoms with Gasteiger partial charge in [0, 0.05) is 49.3 Å². The van der Waals surface area contributed by atoms with E-state index in [-0.39, 0.29) is 0 Å². The number of nitrogens with zero attached hydrogens (tertiary/aromatic N) is 2. The van der Waals surface area contributed by atoms with Crippen molar-refractivity contribution in [2.75, 3.05) is 0 Å². The van der Waals surface area contributed by atoms with Crippen molar-refractivity contribution in [1.29, 1.82) is 0 Å². The minimum absolute atomic E-state index is 0.914. The van der Waals surface area contributed by atoms with Crippen molar-refractivity contribution >= 4 is 76.3 Å². The third kappa shape index (κ3) is 5.11. The van der Waals surface area contributed by atoms with Crippen molar-refractivity contribution in [2.24, 2.45) is 0 Å². The second-order valence-electron chi connectivity index (χ2n) is 16.0. The molecule has 0 atom stereocenters. The number of para-hydroxylation sites is 5. The van der Waals surface area contributed by atoms with Crippen LogP contribution in [0.5, 0.6) is 0 Å². The van der Waals surface area contributed by atoms with Crippen LogP contribution in [-0.4, -0.2) is 9.13 Å². The second kappa shape index (κ2) is 13.2. The molecule has 0 aliphatic rings. The zero-order valence-electron chi connectivity index (χ0n) is 33.1. The lowest BCUT2D eigenvalue weighted by atomic mass is 9.91. The van der Waals surface area contributed by atoms with Gasteiger partial charge in [-0.15, -0.1) is 0 Å². The Balaban J connectivity index is 0.915. The van der Waals surface area contributed by atoms with Gasteiger partial charge >= 0.3 is 0 Å². The SMILES string of the molecule is c1ccc(-n2c3ccccc3c3cc(-c4ccc(-c5ccc6c(c5)c5ccccc5n6-c5ccc(-c6cccc7c6oc6ccccc67)cc5)c5ccccc45)ccc32)cc1. The molecule has 3 aromatic heterocycles. The minimum atomic E-state index is 0.914. The van der Waals surface area contributed by atoms with Crippen LogP contribution in [0.3, 0.4) is 0 Å². The molecule has 10 aromatic carbocycles. The molecule has 3 heterocycles. The first-order valence-electron chi connectivity index (χ1n) is 20.9. The molecule has 3 nitrogen and oxygen atoms in total. The van der Waals surface area contributed by atoms with E-state index in [0.29, 0.717) is 0 Å². The van der Waals surface area contributed by atoms with Crippen LogP contribution in [-0.2, 0) is 0 Å². The van der Waals surface area contributed by atoms with Crippen LogP contribution < -0.4 is 0 Å². The van der Waals surface area contributed by atoms with Crippen molar-refractivity contribution in [3.8, 4) is 44.8 Å². The zero-order valence-corrected chi connectivity index (χ0v) is 33.1. The van der Waals surface area contributed by atoms with Crippen molar-refractivity contribution < 1.29 is 4.42 Å². The molecule has 0 radical (unpaired) electrons. The number of furan rings is 1. The molecule has 0 fully saturated rings. The second-order valence-corrected chi connectivity index (χ2v) is 16.0. The maximum absolute atomic E-state index is 6.40. The molecule has 3 heteroatoms. The molecule has 61 heavy (non-hydrogen) atoms. The summed E-state index contributed by atoms with van der Waals surface area (Å²) in [6.07, 6.45) is 0. The van der Waals surface area contributed by atoms with E-state index in [2.05, 4.69) is 215 Å². The van der Waals surface area contributed by atoms with Gasteiger partial charge in [-0.25, -0.2) is 0 Å². The molecule has 284 valence electrons. The highest BCUT2D eigenvalue weighted by Gasteiger charge is 2.18. The van der Waals surface area contributed by atoms with E-state index in [1.54, 1.807) is 0 Å². The molecule has 0 saturated carbocycles. The fraction of sp³-hybridized carbons (Fsp3) is 0. The number of hydrogen-bond acceptors (Lipinski definition) is 1. The molecule has 0 bridgehead atoms. The number of aromatic nitrogens is 2. The summed E-state index contributed by atoms with van der Waals surface area (Å²) in [6.45, 7) is 0. The summed E-state index contributed by atoms with van der Waals surface area (Å²) in [6, 6.07) is 79.2. The highest BCUT2D eigenvalue weighted by Crippen LogP contribution is 2.42. The Hall–Kier alpha value is -8.14. The van der Waals surface area contributed by atoms with Gasteiger partial charge in [0.1, 0.15) is 11.2 Å². The Morgan fingerprint density at radius 2 is 0.721 bits per heavy atom. The Labute approximate surface area is 351 Å². The van der Waals surface area contributed by atoms with Crippen LogP contribution in [0, 0.1) is 0 Å². The third-order valence-electron chi connectivity index (χ3n) is 12.7. The van der Waals surface area contributed by atoms with Crippen LogP contribution in [0.4, 0.5) is 0 Å². The molecule has 0 aliphatic heterocycles. The summed E-state index contributed by atoms with van der Waals surface area (Å²) in [4.78, 5) is 0. The van der Waals surface area contributed by atoms with Gasteiger partial charge in [0.05, 0.1) is 22.1 Å². The summed E-state index contributed by atoms with van der Waals surface area (Å²) in [7, 11) is 0. The molecule has 0 spiro atoms. The average molecular weight is 777 g/mol.